The Hall–Kier alpha value is -1.61. The third kappa shape index (κ3) is 4.93. The van der Waals surface area contributed by atoms with Crippen molar-refractivity contribution in [2.45, 2.75) is 13.5 Å². The van der Waals surface area contributed by atoms with Gasteiger partial charge in [-0.05, 0) is 52.8 Å². The first-order chi connectivity index (χ1) is 10.8. The van der Waals surface area contributed by atoms with E-state index < -0.39 is 10.0 Å². The summed E-state index contributed by atoms with van der Waals surface area (Å²) < 4.78 is 26.2. The van der Waals surface area contributed by atoms with E-state index in [-0.39, 0.29) is 12.5 Å². The van der Waals surface area contributed by atoms with Crippen LogP contribution in [0, 0.1) is 10.5 Å². The highest BCUT2D eigenvalue weighted by Crippen LogP contribution is 2.18. The smallest absolute Gasteiger partial charge is 0.252 e. The number of amides is 1. The molecule has 0 saturated carbocycles. The molecule has 0 aromatic heterocycles. The largest absolute Gasteiger partial charge is 0.348 e. The Morgan fingerprint density at radius 1 is 1.13 bits per heavy atom. The lowest BCUT2D eigenvalue weighted by Gasteiger charge is -2.12. The zero-order chi connectivity index (χ0) is 17.0. The van der Waals surface area contributed by atoms with E-state index >= 15 is 0 Å². The van der Waals surface area contributed by atoms with Crippen molar-refractivity contribution in [1.29, 1.82) is 0 Å². The Balaban J connectivity index is 2.15. The molecular weight excluding hydrogens is 427 g/mol. The number of hydrogen-bond donors (Lipinski definition) is 2. The van der Waals surface area contributed by atoms with Gasteiger partial charge in [0.2, 0.25) is 10.0 Å². The van der Waals surface area contributed by atoms with Gasteiger partial charge in [-0.15, -0.1) is 0 Å². The standard InChI is InChI=1S/C16H17IN2O3S/c1-11-6-5-8-13(15(11)17)16(20)18-10-12-7-3-4-9-14(12)19-23(2,21)22/h3-9,19H,10H2,1-2H3,(H,18,20). The molecule has 2 N–H and O–H groups in total. The lowest BCUT2D eigenvalue weighted by molar-refractivity contribution is 0.0950. The van der Waals surface area contributed by atoms with Crippen LogP contribution in [-0.4, -0.2) is 20.6 Å². The molecule has 0 heterocycles. The number of aryl methyl sites for hydroxylation is 1. The molecule has 0 bridgehead atoms. The van der Waals surface area contributed by atoms with Gasteiger partial charge in [0.25, 0.3) is 5.91 Å². The number of nitrogens with one attached hydrogen (secondary N) is 2. The minimum Gasteiger partial charge on any atom is -0.348 e. The highest BCUT2D eigenvalue weighted by atomic mass is 127. The Kier molecular flexibility index (Phi) is 5.64. The molecule has 0 aliphatic rings. The van der Waals surface area contributed by atoms with Gasteiger partial charge in [-0.25, -0.2) is 8.42 Å². The predicted molar refractivity (Wildman–Crippen MR) is 100.0 cm³/mol. The van der Waals surface area contributed by atoms with Crippen molar-refractivity contribution in [3.05, 3.63) is 62.7 Å². The molecule has 2 aromatic carbocycles. The van der Waals surface area contributed by atoms with Crippen LogP contribution in [0.2, 0.25) is 0 Å². The maximum atomic E-state index is 12.3. The number of sulfonamides is 1. The number of hydrogen-bond acceptors (Lipinski definition) is 3. The number of anilines is 1. The molecule has 2 rings (SSSR count). The van der Waals surface area contributed by atoms with Crippen LogP contribution in [0.4, 0.5) is 5.69 Å². The number of para-hydroxylation sites is 1. The Labute approximate surface area is 149 Å². The summed E-state index contributed by atoms with van der Waals surface area (Å²) in [7, 11) is -3.37. The average molecular weight is 444 g/mol. The molecule has 0 aliphatic carbocycles. The minimum absolute atomic E-state index is 0.188. The molecule has 0 atom stereocenters. The molecule has 0 radical (unpaired) electrons. The van der Waals surface area contributed by atoms with Crippen LogP contribution < -0.4 is 10.0 Å². The normalized spacial score (nSPS) is 11.1. The second-order valence-corrected chi connectivity index (χ2v) is 7.98. The van der Waals surface area contributed by atoms with E-state index in [1.165, 1.54) is 0 Å². The van der Waals surface area contributed by atoms with Gasteiger partial charge in [0.05, 0.1) is 17.5 Å². The summed E-state index contributed by atoms with van der Waals surface area (Å²) in [5.74, 6) is -0.188. The molecule has 0 saturated heterocycles. The van der Waals surface area contributed by atoms with Crippen LogP contribution in [0.15, 0.2) is 42.5 Å². The van der Waals surface area contributed by atoms with Crippen molar-refractivity contribution >= 4 is 44.2 Å². The summed E-state index contributed by atoms with van der Waals surface area (Å²) >= 11 is 2.15. The van der Waals surface area contributed by atoms with E-state index in [4.69, 9.17) is 0 Å². The third-order valence-electron chi connectivity index (χ3n) is 3.19. The van der Waals surface area contributed by atoms with Crippen LogP contribution >= 0.6 is 22.6 Å². The Morgan fingerprint density at radius 2 is 1.83 bits per heavy atom. The van der Waals surface area contributed by atoms with Crippen molar-refractivity contribution in [1.82, 2.24) is 5.32 Å². The summed E-state index contributed by atoms with van der Waals surface area (Å²) in [6, 6.07) is 12.5. The molecule has 0 aliphatic heterocycles. The molecule has 23 heavy (non-hydrogen) atoms. The van der Waals surface area contributed by atoms with E-state index in [1.54, 1.807) is 30.3 Å². The fraction of sp³-hybridized carbons (Fsp3) is 0.188. The lowest BCUT2D eigenvalue weighted by Crippen LogP contribution is -2.24. The van der Waals surface area contributed by atoms with Crippen molar-refractivity contribution in [2.75, 3.05) is 11.0 Å². The Bertz CT molecular complexity index is 835. The topological polar surface area (TPSA) is 75.3 Å². The van der Waals surface area contributed by atoms with Gasteiger partial charge in [0, 0.05) is 10.1 Å². The second-order valence-electron chi connectivity index (χ2n) is 5.15. The van der Waals surface area contributed by atoms with Gasteiger partial charge in [-0.2, -0.15) is 0 Å². The fourth-order valence-corrected chi connectivity index (χ4v) is 3.27. The highest BCUT2D eigenvalue weighted by molar-refractivity contribution is 14.1. The average Bonchev–Trinajstić information content (AvgIpc) is 2.47. The zero-order valence-corrected chi connectivity index (χ0v) is 15.7. The van der Waals surface area contributed by atoms with Gasteiger partial charge in [-0.1, -0.05) is 30.3 Å². The Morgan fingerprint density at radius 3 is 2.52 bits per heavy atom. The molecule has 5 nitrogen and oxygen atoms in total. The number of carbonyl (C=O) groups is 1. The van der Waals surface area contributed by atoms with E-state index in [1.807, 2.05) is 19.1 Å². The second kappa shape index (κ2) is 7.31. The zero-order valence-electron chi connectivity index (χ0n) is 12.8. The van der Waals surface area contributed by atoms with Gasteiger partial charge in [0.1, 0.15) is 0 Å². The molecule has 2 aromatic rings. The van der Waals surface area contributed by atoms with Gasteiger partial charge in [0.15, 0.2) is 0 Å². The van der Waals surface area contributed by atoms with Crippen LogP contribution in [-0.2, 0) is 16.6 Å². The van der Waals surface area contributed by atoms with E-state index in [2.05, 4.69) is 32.6 Å². The van der Waals surface area contributed by atoms with E-state index in [9.17, 15) is 13.2 Å². The summed E-state index contributed by atoms with van der Waals surface area (Å²) in [5, 5.41) is 2.83. The first kappa shape index (κ1) is 17.7. The van der Waals surface area contributed by atoms with Gasteiger partial charge < -0.3 is 5.32 Å². The SMILES string of the molecule is Cc1cccc(C(=O)NCc2ccccc2NS(C)(=O)=O)c1I. The predicted octanol–water partition coefficient (Wildman–Crippen LogP) is 2.90. The van der Waals surface area contributed by atoms with Crippen LogP contribution in [0.3, 0.4) is 0 Å². The third-order valence-corrected chi connectivity index (χ3v) is 5.21. The summed E-state index contributed by atoms with van der Waals surface area (Å²) in [6.07, 6.45) is 1.09. The minimum atomic E-state index is -3.37. The molecule has 1 amide bonds. The van der Waals surface area contributed by atoms with Gasteiger partial charge in [-0.3, -0.25) is 9.52 Å². The molecule has 7 heteroatoms. The van der Waals surface area contributed by atoms with Crippen LogP contribution in [0.5, 0.6) is 0 Å². The molecule has 0 fully saturated rings. The molecular formula is C16H17IN2O3S. The maximum Gasteiger partial charge on any atom is 0.252 e. The number of halogens is 1. The highest BCUT2D eigenvalue weighted by Gasteiger charge is 2.12. The fourth-order valence-electron chi connectivity index (χ4n) is 2.07. The van der Waals surface area contributed by atoms with Crippen molar-refractivity contribution in [3.8, 4) is 0 Å². The maximum absolute atomic E-state index is 12.3. The summed E-state index contributed by atoms with van der Waals surface area (Å²) in [4.78, 5) is 12.3. The van der Waals surface area contributed by atoms with Crippen molar-refractivity contribution in [2.24, 2.45) is 0 Å². The van der Waals surface area contributed by atoms with Crippen LogP contribution in [0.25, 0.3) is 0 Å². The first-order valence-electron chi connectivity index (χ1n) is 6.87. The summed E-state index contributed by atoms with van der Waals surface area (Å²) in [6.45, 7) is 2.19. The van der Waals surface area contributed by atoms with Crippen molar-refractivity contribution < 1.29 is 13.2 Å². The monoisotopic (exact) mass is 444 g/mol. The molecule has 0 spiro atoms. The van der Waals surface area contributed by atoms with E-state index in [0.717, 1.165) is 15.4 Å². The number of carbonyl (C=O) groups excluding carboxylic acids is 1. The van der Waals surface area contributed by atoms with Gasteiger partial charge >= 0.3 is 0 Å². The molecule has 0 unspecified atom stereocenters. The first-order valence-corrected chi connectivity index (χ1v) is 9.84. The quantitative estimate of drug-likeness (QED) is 0.697. The summed E-state index contributed by atoms with van der Waals surface area (Å²) in [5.41, 5.74) is 2.82. The van der Waals surface area contributed by atoms with Crippen molar-refractivity contribution in [3.63, 3.8) is 0 Å². The number of rotatable bonds is 5. The molecule has 122 valence electrons. The van der Waals surface area contributed by atoms with Crippen LogP contribution in [0.1, 0.15) is 21.5 Å². The number of benzene rings is 2. The van der Waals surface area contributed by atoms with E-state index in [0.29, 0.717) is 16.8 Å². The lowest BCUT2D eigenvalue weighted by atomic mass is 10.1.